The fourth-order valence-corrected chi connectivity index (χ4v) is 4.35. The molecule has 1 fully saturated rings. The quantitative estimate of drug-likeness (QED) is 0.758. The van der Waals surface area contributed by atoms with Crippen LogP contribution >= 0.6 is 0 Å². The maximum atomic E-state index is 12.7. The number of likely N-dealkylation sites (tertiary alicyclic amines) is 1. The zero-order valence-corrected chi connectivity index (χ0v) is 15.5. The van der Waals surface area contributed by atoms with Gasteiger partial charge in [-0.3, -0.25) is 14.7 Å². The molecule has 2 aliphatic heterocycles. The lowest BCUT2D eigenvalue weighted by Crippen LogP contribution is -2.31. The van der Waals surface area contributed by atoms with E-state index in [1.807, 2.05) is 53.2 Å². The Labute approximate surface area is 163 Å². The van der Waals surface area contributed by atoms with Crippen molar-refractivity contribution in [3.8, 4) is 0 Å². The number of benzene rings is 1. The lowest BCUT2D eigenvalue weighted by atomic mass is 9.89. The Kier molecular flexibility index (Phi) is 4.37. The van der Waals surface area contributed by atoms with Crippen molar-refractivity contribution >= 4 is 11.6 Å². The molecule has 1 saturated heterocycles. The van der Waals surface area contributed by atoms with Gasteiger partial charge in [0.15, 0.2) is 0 Å². The molecule has 0 unspecified atom stereocenters. The predicted octanol–water partition coefficient (Wildman–Crippen LogP) is 2.23. The van der Waals surface area contributed by atoms with E-state index in [-0.39, 0.29) is 5.91 Å². The number of pyridine rings is 1. The molecule has 1 N–H and O–H groups in total. The van der Waals surface area contributed by atoms with Crippen molar-refractivity contribution in [2.75, 3.05) is 18.4 Å². The molecule has 2 aliphatic rings. The maximum Gasteiger partial charge on any atom is 0.293 e. The number of nitrogens with one attached hydrogen (secondary N) is 1. The molecule has 4 heterocycles. The fraction of sp³-hybridized carbons (Fsp3) is 0.333. The van der Waals surface area contributed by atoms with Gasteiger partial charge >= 0.3 is 0 Å². The highest BCUT2D eigenvalue weighted by Crippen LogP contribution is 2.33. The van der Waals surface area contributed by atoms with Crippen molar-refractivity contribution in [1.82, 2.24) is 24.6 Å². The summed E-state index contributed by atoms with van der Waals surface area (Å²) in [6, 6.07) is 15.5. The number of amides is 1. The van der Waals surface area contributed by atoms with E-state index in [4.69, 9.17) is 0 Å². The topological polar surface area (TPSA) is 75.9 Å². The minimum atomic E-state index is -0.202. The molecule has 142 valence electrons. The smallest absolute Gasteiger partial charge is 0.293 e. The van der Waals surface area contributed by atoms with Crippen molar-refractivity contribution in [1.29, 1.82) is 0 Å². The zero-order chi connectivity index (χ0) is 18.9. The summed E-state index contributed by atoms with van der Waals surface area (Å²) < 4.78 is 2.00. The standard InChI is InChI=1S/C21H22N6O/c28-21(23-17-6-2-1-3-7-17)20-25-24-19-10-15-11-26(12-16(15)13-27(19)20)14-18-8-4-5-9-22-18/h1-9,15-16H,10-14H2,(H,23,28)/t15-,16+/m1/s1. The van der Waals surface area contributed by atoms with Crippen LogP contribution in [0.1, 0.15) is 22.1 Å². The first-order valence-corrected chi connectivity index (χ1v) is 9.67. The average molecular weight is 374 g/mol. The number of carbonyl (C=O) groups is 1. The fourth-order valence-electron chi connectivity index (χ4n) is 4.35. The minimum absolute atomic E-state index is 0.202. The number of fused-ring (bicyclic) bond motifs is 2. The van der Waals surface area contributed by atoms with Gasteiger partial charge in [-0.25, -0.2) is 0 Å². The summed E-state index contributed by atoms with van der Waals surface area (Å²) in [6.07, 6.45) is 2.71. The normalized spacial score (nSPS) is 21.1. The number of nitrogens with zero attached hydrogens (tertiary/aromatic N) is 5. The molecule has 0 aliphatic carbocycles. The molecule has 0 radical (unpaired) electrons. The third-order valence-corrected chi connectivity index (χ3v) is 5.69. The van der Waals surface area contributed by atoms with Crippen LogP contribution in [0.15, 0.2) is 54.7 Å². The van der Waals surface area contributed by atoms with Crippen LogP contribution in [0.2, 0.25) is 0 Å². The summed E-state index contributed by atoms with van der Waals surface area (Å²) in [5.74, 6) is 2.19. The molecule has 0 saturated carbocycles. The molecule has 1 amide bonds. The second-order valence-electron chi connectivity index (χ2n) is 7.61. The van der Waals surface area contributed by atoms with Crippen molar-refractivity contribution in [2.45, 2.75) is 19.5 Å². The molecular weight excluding hydrogens is 352 g/mol. The SMILES string of the molecule is O=C(Nc1ccccc1)c1nnc2n1C[C@@H]1CN(Cc3ccccn3)C[C@H]1C2. The average Bonchev–Trinajstić information content (AvgIpc) is 3.30. The molecule has 0 bridgehead atoms. The summed E-state index contributed by atoms with van der Waals surface area (Å²) in [4.78, 5) is 19.6. The van der Waals surface area contributed by atoms with Crippen LogP contribution in [0.3, 0.4) is 0 Å². The first-order valence-electron chi connectivity index (χ1n) is 9.67. The third-order valence-electron chi connectivity index (χ3n) is 5.69. The lowest BCUT2D eigenvalue weighted by Gasteiger charge is -2.25. The van der Waals surface area contributed by atoms with Gasteiger partial charge in [0.05, 0.1) is 5.69 Å². The molecule has 1 aromatic carbocycles. The molecule has 2 aromatic heterocycles. The first kappa shape index (κ1) is 17.1. The number of carbonyl (C=O) groups excluding carboxylic acids is 1. The van der Waals surface area contributed by atoms with Gasteiger partial charge in [0, 0.05) is 44.5 Å². The van der Waals surface area contributed by atoms with Gasteiger partial charge in [-0.05, 0) is 36.1 Å². The van der Waals surface area contributed by atoms with Crippen LogP contribution in [-0.4, -0.2) is 43.6 Å². The second-order valence-corrected chi connectivity index (χ2v) is 7.61. The molecule has 7 heteroatoms. The van der Waals surface area contributed by atoms with Gasteiger partial charge in [0.1, 0.15) is 5.82 Å². The number of para-hydroxylation sites is 1. The van der Waals surface area contributed by atoms with Crippen molar-refractivity contribution in [2.24, 2.45) is 11.8 Å². The monoisotopic (exact) mass is 374 g/mol. The third kappa shape index (κ3) is 3.29. The Morgan fingerprint density at radius 1 is 1.00 bits per heavy atom. The van der Waals surface area contributed by atoms with Gasteiger partial charge in [0.25, 0.3) is 5.91 Å². The lowest BCUT2D eigenvalue weighted by molar-refractivity contribution is 0.100. The molecular formula is C21H22N6O. The van der Waals surface area contributed by atoms with Crippen LogP contribution in [0, 0.1) is 11.8 Å². The van der Waals surface area contributed by atoms with Crippen molar-refractivity contribution in [3.63, 3.8) is 0 Å². The number of rotatable bonds is 4. The summed E-state index contributed by atoms with van der Waals surface area (Å²) in [5, 5.41) is 11.4. The molecule has 0 spiro atoms. The summed E-state index contributed by atoms with van der Waals surface area (Å²) >= 11 is 0. The van der Waals surface area contributed by atoms with E-state index in [0.717, 1.165) is 49.8 Å². The number of aromatic nitrogens is 4. The van der Waals surface area contributed by atoms with Gasteiger partial charge in [-0.15, -0.1) is 10.2 Å². The summed E-state index contributed by atoms with van der Waals surface area (Å²) in [5.41, 5.74) is 1.87. The van der Waals surface area contributed by atoms with Gasteiger partial charge < -0.3 is 9.88 Å². The second kappa shape index (κ2) is 7.16. The van der Waals surface area contributed by atoms with Gasteiger partial charge in [-0.1, -0.05) is 24.3 Å². The first-order chi connectivity index (χ1) is 13.8. The molecule has 28 heavy (non-hydrogen) atoms. The summed E-state index contributed by atoms with van der Waals surface area (Å²) in [6.45, 7) is 3.72. The molecule has 5 rings (SSSR count). The number of anilines is 1. The highest BCUT2D eigenvalue weighted by molar-refractivity contribution is 6.01. The molecule has 7 nitrogen and oxygen atoms in total. The van der Waals surface area contributed by atoms with Crippen molar-refractivity contribution in [3.05, 3.63) is 72.1 Å². The Balaban J connectivity index is 1.29. The van der Waals surface area contributed by atoms with E-state index < -0.39 is 0 Å². The van der Waals surface area contributed by atoms with E-state index in [1.165, 1.54) is 0 Å². The zero-order valence-electron chi connectivity index (χ0n) is 15.5. The number of hydrogen-bond acceptors (Lipinski definition) is 5. The molecule has 2 atom stereocenters. The number of hydrogen-bond donors (Lipinski definition) is 1. The summed E-state index contributed by atoms with van der Waals surface area (Å²) in [7, 11) is 0. The van der Waals surface area contributed by atoms with Gasteiger partial charge in [0.2, 0.25) is 5.82 Å². The van der Waals surface area contributed by atoms with E-state index in [9.17, 15) is 4.79 Å². The Morgan fingerprint density at radius 3 is 2.64 bits per heavy atom. The molecule has 3 aromatic rings. The maximum absolute atomic E-state index is 12.7. The predicted molar refractivity (Wildman–Crippen MR) is 105 cm³/mol. The van der Waals surface area contributed by atoms with E-state index >= 15 is 0 Å². The van der Waals surface area contributed by atoms with E-state index in [0.29, 0.717) is 17.7 Å². The van der Waals surface area contributed by atoms with Crippen LogP contribution in [0.4, 0.5) is 5.69 Å². The van der Waals surface area contributed by atoms with Crippen LogP contribution in [-0.2, 0) is 19.5 Å². The minimum Gasteiger partial charge on any atom is -0.319 e. The van der Waals surface area contributed by atoms with Gasteiger partial charge in [-0.2, -0.15) is 0 Å². The van der Waals surface area contributed by atoms with Crippen LogP contribution in [0.25, 0.3) is 0 Å². The highest BCUT2D eigenvalue weighted by Gasteiger charge is 2.39. The largest absolute Gasteiger partial charge is 0.319 e. The highest BCUT2D eigenvalue weighted by atomic mass is 16.2. The van der Waals surface area contributed by atoms with E-state index in [2.05, 4.69) is 31.5 Å². The Bertz CT molecular complexity index is 971. The van der Waals surface area contributed by atoms with Crippen molar-refractivity contribution < 1.29 is 4.79 Å². The Morgan fingerprint density at radius 2 is 1.82 bits per heavy atom. The van der Waals surface area contributed by atoms with Crippen LogP contribution < -0.4 is 5.32 Å². The van der Waals surface area contributed by atoms with Crippen LogP contribution in [0.5, 0.6) is 0 Å². The van der Waals surface area contributed by atoms with E-state index in [1.54, 1.807) is 0 Å². The Hall–Kier alpha value is -3.06.